The molecule has 0 aliphatic heterocycles. The summed E-state index contributed by atoms with van der Waals surface area (Å²) in [5, 5.41) is 10.9. The molecule has 1 rings (SSSR count). The van der Waals surface area contributed by atoms with Gasteiger partial charge in [-0.25, -0.2) is 4.79 Å². The van der Waals surface area contributed by atoms with Crippen molar-refractivity contribution in [1.29, 1.82) is 0 Å². The molecule has 0 saturated carbocycles. The Morgan fingerprint density at radius 1 is 1.32 bits per heavy atom. The zero-order valence-electron chi connectivity index (χ0n) is 11.6. The molecule has 0 saturated heterocycles. The molecule has 1 unspecified atom stereocenters. The first-order chi connectivity index (χ1) is 9.11. The Hall–Kier alpha value is -1.87. The first-order valence-corrected chi connectivity index (χ1v) is 6.35. The second-order valence-electron chi connectivity index (χ2n) is 4.04. The van der Waals surface area contributed by atoms with E-state index in [-0.39, 0.29) is 6.61 Å². The van der Waals surface area contributed by atoms with E-state index in [1.807, 2.05) is 13.0 Å². The van der Waals surface area contributed by atoms with Crippen LogP contribution >= 0.6 is 0 Å². The fourth-order valence-electron chi connectivity index (χ4n) is 1.92. The number of hydrogen-bond donors (Lipinski definition) is 1. The van der Waals surface area contributed by atoms with Crippen LogP contribution in [0.25, 0.3) is 0 Å². The van der Waals surface area contributed by atoms with E-state index in [9.17, 15) is 9.90 Å². The van der Waals surface area contributed by atoms with Crippen LogP contribution in [0.5, 0.6) is 0 Å². The number of allylic oxidation sites excluding steroid dienone is 2. The van der Waals surface area contributed by atoms with E-state index in [0.717, 1.165) is 0 Å². The summed E-state index contributed by atoms with van der Waals surface area (Å²) in [5.41, 5.74) is -0.766. The number of ether oxygens (including phenoxy) is 1. The number of aliphatic hydroxyl groups is 1. The Labute approximate surface area is 114 Å². The molecule has 0 aliphatic carbocycles. The van der Waals surface area contributed by atoms with Crippen molar-refractivity contribution in [3.63, 3.8) is 0 Å². The van der Waals surface area contributed by atoms with Gasteiger partial charge in [0.05, 0.1) is 6.61 Å². The fraction of sp³-hybridized carbons (Fsp3) is 0.312. The Kier molecular flexibility index (Phi) is 5.52. The SMILES string of the molecule is C/C=C\C(=C/C)C(O)(C(=O)OCC)c1ccccc1. The third-order valence-corrected chi connectivity index (χ3v) is 2.84. The lowest BCUT2D eigenvalue weighted by Gasteiger charge is -2.27. The summed E-state index contributed by atoms with van der Waals surface area (Å²) in [7, 11) is 0. The summed E-state index contributed by atoms with van der Waals surface area (Å²) < 4.78 is 5.03. The Morgan fingerprint density at radius 2 is 1.95 bits per heavy atom. The van der Waals surface area contributed by atoms with Crippen LogP contribution in [0.15, 0.2) is 54.1 Å². The molecule has 1 aromatic carbocycles. The first kappa shape index (κ1) is 15.2. The van der Waals surface area contributed by atoms with Gasteiger partial charge in [0.2, 0.25) is 5.60 Å². The van der Waals surface area contributed by atoms with Gasteiger partial charge in [-0.15, -0.1) is 0 Å². The summed E-state index contributed by atoms with van der Waals surface area (Å²) in [4.78, 5) is 12.2. The third kappa shape index (κ3) is 3.12. The van der Waals surface area contributed by atoms with Crippen LogP contribution in [0.1, 0.15) is 26.3 Å². The van der Waals surface area contributed by atoms with Crippen LogP contribution in [-0.2, 0) is 15.1 Å². The monoisotopic (exact) mass is 260 g/mol. The molecule has 0 heterocycles. The van der Waals surface area contributed by atoms with Gasteiger partial charge in [0, 0.05) is 0 Å². The van der Waals surface area contributed by atoms with Crippen LogP contribution in [-0.4, -0.2) is 17.7 Å². The molecule has 0 aliphatic rings. The van der Waals surface area contributed by atoms with Crippen molar-refractivity contribution in [2.24, 2.45) is 0 Å². The second kappa shape index (κ2) is 6.90. The lowest BCUT2D eigenvalue weighted by molar-refractivity contribution is -0.161. The lowest BCUT2D eigenvalue weighted by atomic mass is 9.85. The third-order valence-electron chi connectivity index (χ3n) is 2.84. The van der Waals surface area contributed by atoms with E-state index in [1.54, 1.807) is 56.3 Å². The predicted octanol–water partition coefficient (Wildman–Crippen LogP) is 2.96. The van der Waals surface area contributed by atoms with Crippen molar-refractivity contribution in [1.82, 2.24) is 0 Å². The molecule has 1 atom stereocenters. The molecule has 1 aromatic rings. The van der Waals surface area contributed by atoms with E-state index in [2.05, 4.69) is 0 Å². The maximum Gasteiger partial charge on any atom is 0.347 e. The van der Waals surface area contributed by atoms with Gasteiger partial charge in [-0.2, -0.15) is 0 Å². The average molecular weight is 260 g/mol. The normalized spacial score (nSPS) is 15.3. The van der Waals surface area contributed by atoms with E-state index >= 15 is 0 Å². The smallest absolute Gasteiger partial charge is 0.347 e. The van der Waals surface area contributed by atoms with Crippen molar-refractivity contribution in [2.45, 2.75) is 26.4 Å². The summed E-state index contributed by atoms with van der Waals surface area (Å²) in [6.45, 7) is 5.55. The highest BCUT2D eigenvalue weighted by Crippen LogP contribution is 2.32. The van der Waals surface area contributed by atoms with E-state index in [1.165, 1.54) is 0 Å². The largest absolute Gasteiger partial charge is 0.463 e. The first-order valence-electron chi connectivity index (χ1n) is 6.35. The molecule has 0 fully saturated rings. The van der Waals surface area contributed by atoms with Crippen LogP contribution in [0.4, 0.5) is 0 Å². The topological polar surface area (TPSA) is 46.5 Å². The van der Waals surface area contributed by atoms with Crippen molar-refractivity contribution in [2.75, 3.05) is 6.61 Å². The summed E-state index contributed by atoms with van der Waals surface area (Å²) in [5.74, 6) is -0.660. The van der Waals surface area contributed by atoms with Crippen molar-refractivity contribution < 1.29 is 14.6 Å². The molecule has 3 nitrogen and oxygen atoms in total. The molecule has 0 amide bonds. The molecule has 0 bridgehead atoms. The molecular weight excluding hydrogens is 240 g/mol. The number of rotatable bonds is 5. The van der Waals surface area contributed by atoms with Crippen LogP contribution in [0, 0.1) is 0 Å². The van der Waals surface area contributed by atoms with Crippen LogP contribution in [0.2, 0.25) is 0 Å². The highest BCUT2D eigenvalue weighted by molar-refractivity contribution is 5.86. The fourth-order valence-corrected chi connectivity index (χ4v) is 1.92. The summed E-state index contributed by atoms with van der Waals surface area (Å²) >= 11 is 0. The molecule has 3 heteroatoms. The Balaban J connectivity index is 3.37. The zero-order valence-corrected chi connectivity index (χ0v) is 11.6. The van der Waals surface area contributed by atoms with Crippen LogP contribution in [0.3, 0.4) is 0 Å². The maximum atomic E-state index is 12.2. The van der Waals surface area contributed by atoms with Crippen LogP contribution < -0.4 is 0 Å². The quantitative estimate of drug-likeness (QED) is 0.654. The number of hydrogen-bond acceptors (Lipinski definition) is 3. The minimum atomic E-state index is -1.77. The number of benzene rings is 1. The Bertz CT molecular complexity index is 474. The number of esters is 1. The van der Waals surface area contributed by atoms with Gasteiger partial charge in [-0.1, -0.05) is 48.6 Å². The van der Waals surface area contributed by atoms with Gasteiger partial charge in [0.15, 0.2) is 0 Å². The average Bonchev–Trinajstić information content (AvgIpc) is 2.45. The molecule has 0 aromatic heterocycles. The highest BCUT2D eigenvalue weighted by atomic mass is 16.5. The van der Waals surface area contributed by atoms with Gasteiger partial charge >= 0.3 is 5.97 Å². The van der Waals surface area contributed by atoms with E-state index < -0.39 is 11.6 Å². The predicted molar refractivity (Wildman–Crippen MR) is 75.5 cm³/mol. The summed E-state index contributed by atoms with van der Waals surface area (Å²) in [6, 6.07) is 8.82. The van der Waals surface area contributed by atoms with Gasteiger partial charge in [0.25, 0.3) is 0 Å². The molecule has 102 valence electrons. The zero-order chi connectivity index (χ0) is 14.3. The summed E-state index contributed by atoms with van der Waals surface area (Å²) in [6.07, 6.45) is 5.20. The molecule has 19 heavy (non-hydrogen) atoms. The van der Waals surface area contributed by atoms with E-state index in [0.29, 0.717) is 11.1 Å². The molecular formula is C16H20O3. The van der Waals surface area contributed by atoms with Gasteiger partial charge in [-0.05, 0) is 31.9 Å². The molecule has 0 spiro atoms. The Morgan fingerprint density at radius 3 is 2.42 bits per heavy atom. The number of carbonyl (C=O) groups excluding carboxylic acids is 1. The standard InChI is InChI=1S/C16H20O3/c1-4-10-13(5-2)16(18,15(17)19-6-3)14-11-8-7-9-12-14/h4-5,7-12,18H,6H2,1-3H3/b10-4-,13-5+. The lowest BCUT2D eigenvalue weighted by Crippen LogP contribution is -2.39. The minimum absolute atomic E-state index is 0.223. The van der Waals surface area contributed by atoms with Crippen molar-refractivity contribution in [3.05, 3.63) is 59.7 Å². The highest BCUT2D eigenvalue weighted by Gasteiger charge is 2.41. The van der Waals surface area contributed by atoms with E-state index in [4.69, 9.17) is 4.74 Å². The number of carbonyl (C=O) groups is 1. The maximum absolute atomic E-state index is 12.2. The van der Waals surface area contributed by atoms with Crippen molar-refractivity contribution >= 4 is 5.97 Å². The van der Waals surface area contributed by atoms with Gasteiger partial charge in [-0.3, -0.25) is 0 Å². The minimum Gasteiger partial charge on any atom is -0.463 e. The van der Waals surface area contributed by atoms with Crippen molar-refractivity contribution in [3.8, 4) is 0 Å². The second-order valence-corrected chi connectivity index (χ2v) is 4.04. The molecule has 0 radical (unpaired) electrons. The molecule has 1 N–H and O–H groups in total. The van der Waals surface area contributed by atoms with Gasteiger partial charge in [0.1, 0.15) is 0 Å². The van der Waals surface area contributed by atoms with Gasteiger partial charge < -0.3 is 9.84 Å².